The number of anilines is 1. The number of carbonyl (C=O) groups is 1. The van der Waals surface area contributed by atoms with Gasteiger partial charge >= 0.3 is 5.97 Å². The van der Waals surface area contributed by atoms with E-state index in [-0.39, 0.29) is 17.2 Å². The van der Waals surface area contributed by atoms with E-state index in [1.165, 1.54) is 0 Å². The van der Waals surface area contributed by atoms with E-state index < -0.39 is 5.97 Å². The van der Waals surface area contributed by atoms with Crippen LogP contribution in [0, 0.1) is 12.8 Å². The standard InChI is InChI=1S/C16H19N3O3/c1-9(2)8-22-12-7-5-4-6-11(12)14-13(15(20)21)10(3)18-16(17)19-14/h4-7,9H,8H2,1-3H3,(H,20,21)(H2,17,18,19). The first-order valence-electron chi connectivity index (χ1n) is 6.99. The molecule has 1 aromatic heterocycles. The predicted molar refractivity (Wildman–Crippen MR) is 83.9 cm³/mol. The Morgan fingerprint density at radius 1 is 1.32 bits per heavy atom. The molecule has 0 unspecified atom stereocenters. The molecule has 3 N–H and O–H groups in total. The van der Waals surface area contributed by atoms with Gasteiger partial charge < -0.3 is 15.6 Å². The summed E-state index contributed by atoms with van der Waals surface area (Å²) in [6, 6.07) is 7.19. The van der Waals surface area contributed by atoms with E-state index >= 15 is 0 Å². The number of aromatic nitrogens is 2. The zero-order valence-corrected chi connectivity index (χ0v) is 12.8. The molecule has 0 saturated carbocycles. The Kier molecular flexibility index (Phi) is 4.60. The van der Waals surface area contributed by atoms with Crippen LogP contribution in [0.5, 0.6) is 5.75 Å². The summed E-state index contributed by atoms with van der Waals surface area (Å²) in [5, 5.41) is 9.45. The molecule has 0 radical (unpaired) electrons. The van der Waals surface area contributed by atoms with Gasteiger partial charge in [0, 0.05) is 5.56 Å². The van der Waals surface area contributed by atoms with Gasteiger partial charge in [-0.1, -0.05) is 26.0 Å². The van der Waals surface area contributed by atoms with Crippen LogP contribution in [0.4, 0.5) is 5.95 Å². The fourth-order valence-corrected chi connectivity index (χ4v) is 2.09. The van der Waals surface area contributed by atoms with E-state index in [1.807, 2.05) is 19.9 Å². The molecule has 0 amide bonds. The maximum absolute atomic E-state index is 11.5. The van der Waals surface area contributed by atoms with Crippen LogP contribution in [0.1, 0.15) is 29.9 Å². The number of nitrogens with two attached hydrogens (primary N) is 1. The van der Waals surface area contributed by atoms with Gasteiger partial charge in [0.15, 0.2) is 0 Å². The molecule has 0 saturated heterocycles. The molecular weight excluding hydrogens is 282 g/mol. The summed E-state index contributed by atoms with van der Waals surface area (Å²) in [5.41, 5.74) is 6.92. The third kappa shape index (κ3) is 3.33. The van der Waals surface area contributed by atoms with Gasteiger partial charge in [-0.3, -0.25) is 0 Å². The van der Waals surface area contributed by atoms with Gasteiger partial charge in [0.05, 0.1) is 18.0 Å². The molecule has 0 bridgehead atoms. The highest BCUT2D eigenvalue weighted by atomic mass is 16.5. The van der Waals surface area contributed by atoms with Gasteiger partial charge in [-0.2, -0.15) is 0 Å². The summed E-state index contributed by atoms with van der Waals surface area (Å²) in [5.74, 6) is -0.122. The number of carboxylic acids is 1. The molecule has 116 valence electrons. The molecule has 1 heterocycles. The second kappa shape index (κ2) is 6.43. The van der Waals surface area contributed by atoms with Crippen molar-refractivity contribution in [2.75, 3.05) is 12.3 Å². The summed E-state index contributed by atoms with van der Waals surface area (Å²) in [6.45, 7) is 6.21. The van der Waals surface area contributed by atoms with Crippen LogP contribution in [-0.4, -0.2) is 27.7 Å². The highest BCUT2D eigenvalue weighted by molar-refractivity contribution is 5.96. The molecule has 0 spiro atoms. The van der Waals surface area contributed by atoms with E-state index in [9.17, 15) is 9.90 Å². The minimum atomic E-state index is -1.09. The Hall–Kier alpha value is -2.63. The number of hydrogen-bond donors (Lipinski definition) is 2. The molecule has 22 heavy (non-hydrogen) atoms. The summed E-state index contributed by atoms with van der Waals surface area (Å²) in [4.78, 5) is 19.6. The van der Waals surface area contributed by atoms with Crippen LogP contribution >= 0.6 is 0 Å². The lowest BCUT2D eigenvalue weighted by Crippen LogP contribution is -2.11. The normalized spacial score (nSPS) is 10.7. The molecule has 6 heteroatoms. The Bertz CT molecular complexity index is 699. The smallest absolute Gasteiger partial charge is 0.339 e. The van der Waals surface area contributed by atoms with Crippen molar-refractivity contribution >= 4 is 11.9 Å². The minimum Gasteiger partial charge on any atom is -0.493 e. The summed E-state index contributed by atoms with van der Waals surface area (Å²) in [7, 11) is 0. The first-order chi connectivity index (χ1) is 10.4. The van der Waals surface area contributed by atoms with Crippen LogP contribution in [0.15, 0.2) is 24.3 Å². The molecule has 6 nitrogen and oxygen atoms in total. The molecule has 2 rings (SSSR count). The Morgan fingerprint density at radius 3 is 2.64 bits per heavy atom. The molecule has 2 aromatic rings. The van der Waals surface area contributed by atoms with Gasteiger partial charge in [-0.25, -0.2) is 14.8 Å². The van der Waals surface area contributed by atoms with Crippen LogP contribution in [0.2, 0.25) is 0 Å². The van der Waals surface area contributed by atoms with Crippen molar-refractivity contribution < 1.29 is 14.6 Å². The molecule has 0 aliphatic carbocycles. The number of aryl methyl sites for hydroxylation is 1. The van der Waals surface area contributed by atoms with Crippen molar-refractivity contribution in [2.24, 2.45) is 5.92 Å². The van der Waals surface area contributed by atoms with Gasteiger partial charge in [-0.15, -0.1) is 0 Å². The largest absolute Gasteiger partial charge is 0.493 e. The quantitative estimate of drug-likeness (QED) is 0.881. The topological polar surface area (TPSA) is 98.3 Å². The van der Waals surface area contributed by atoms with E-state index in [1.54, 1.807) is 25.1 Å². The van der Waals surface area contributed by atoms with Crippen molar-refractivity contribution in [3.05, 3.63) is 35.5 Å². The summed E-state index contributed by atoms with van der Waals surface area (Å²) in [6.07, 6.45) is 0. The molecule has 0 fully saturated rings. The fourth-order valence-electron chi connectivity index (χ4n) is 2.09. The monoisotopic (exact) mass is 301 g/mol. The Morgan fingerprint density at radius 2 is 2.00 bits per heavy atom. The third-order valence-electron chi connectivity index (χ3n) is 3.04. The predicted octanol–water partition coefficient (Wildman–Crippen LogP) is 2.77. The van der Waals surface area contributed by atoms with E-state index in [0.717, 1.165) is 0 Å². The first-order valence-corrected chi connectivity index (χ1v) is 6.99. The highest BCUT2D eigenvalue weighted by Gasteiger charge is 2.21. The van der Waals surface area contributed by atoms with E-state index in [0.29, 0.717) is 29.5 Å². The Labute approximate surface area is 129 Å². The van der Waals surface area contributed by atoms with Gasteiger partial charge in [-0.05, 0) is 25.0 Å². The number of ether oxygens (including phenoxy) is 1. The third-order valence-corrected chi connectivity index (χ3v) is 3.04. The lowest BCUT2D eigenvalue weighted by molar-refractivity contribution is 0.0696. The number of nitrogen functional groups attached to an aromatic ring is 1. The van der Waals surface area contributed by atoms with Crippen LogP contribution < -0.4 is 10.5 Å². The molecule has 0 aliphatic rings. The van der Waals surface area contributed by atoms with E-state index in [4.69, 9.17) is 10.5 Å². The SMILES string of the molecule is Cc1nc(N)nc(-c2ccccc2OCC(C)C)c1C(=O)O. The lowest BCUT2D eigenvalue weighted by Gasteiger charge is -2.15. The molecule has 0 aliphatic heterocycles. The van der Waals surface area contributed by atoms with Crippen LogP contribution in [-0.2, 0) is 0 Å². The maximum atomic E-state index is 11.5. The number of benzene rings is 1. The van der Waals surface area contributed by atoms with Crippen molar-refractivity contribution in [1.82, 2.24) is 9.97 Å². The van der Waals surface area contributed by atoms with Gasteiger partial charge in [0.2, 0.25) is 5.95 Å². The van der Waals surface area contributed by atoms with E-state index in [2.05, 4.69) is 9.97 Å². The fraction of sp³-hybridized carbons (Fsp3) is 0.312. The van der Waals surface area contributed by atoms with Crippen molar-refractivity contribution in [3.8, 4) is 17.0 Å². The number of aromatic carboxylic acids is 1. The van der Waals surface area contributed by atoms with Crippen molar-refractivity contribution in [1.29, 1.82) is 0 Å². The number of para-hydroxylation sites is 1. The Balaban J connectivity index is 2.59. The molecular formula is C16H19N3O3. The maximum Gasteiger partial charge on any atom is 0.339 e. The first kappa shape index (κ1) is 15.8. The summed E-state index contributed by atoms with van der Waals surface area (Å²) < 4.78 is 5.77. The number of hydrogen-bond acceptors (Lipinski definition) is 5. The second-order valence-electron chi connectivity index (χ2n) is 5.40. The average molecular weight is 301 g/mol. The number of rotatable bonds is 5. The van der Waals surface area contributed by atoms with Gasteiger partial charge in [0.1, 0.15) is 11.3 Å². The zero-order chi connectivity index (χ0) is 16.3. The van der Waals surface area contributed by atoms with Crippen molar-refractivity contribution in [3.63, 3.8) is 0 Å². The highest BCUT2D eigenvalue weighted by Crippen LogP contribution is 2.32. The van der Waals surface area contributed by atoms with Crippen molar-refractivity contribution in [2.45, 2.75) is 20.8 Å². The van der Waals surface area contributed by atoms with Gasteiger partial charge in [0.25, 0.3) is 0 Å². The molecule has 0 atom stereocenters. The minimum absolute atomic E-state index is 0.0368. The van der Waals surface area contributed by atoms with Crippen LogP contribution in [0.3, 0.4) is 0 Å². The molecule has 1 aromatic carbocycles. The number of nitrogens with zero attached hydrogens (tertiary/aromatic N) is 2. The lowest BCUT2D eigenvalue weighted by atomic mass is 10.0. The second-order valence-corrected chi connectivity index (χ2v) is 5.40. The van der Waals surface area contributed by atoms with Crippen LogP contribution in [0.25, 0.3) is 11.3 Å². The summed E-state index contributed by atoms with van der Waals surface area (Å²) >= 11 is 0. The average Bonchev–Trinajstić information content (AvgIpc) is 2.44. The number of carboxylic acid groups (broad SMARTS) is 1. The zero-order valence-electron chi connectivity index (χ0n) is 12.8.